The van der Waals surface area contributed by atoms with Crippen molar-refractivity contribution in [3.63, 3.8) is 0 Å². The van der Waals surface area contributed by atoms with Crippen molar-refractivity contribution in [3.8, 4) is 0 Å². The van der Waals surface area contributed by atoms with Crippen molar-refractivity contribution in [2.75, 3.05) is 18.4 Å². The average Bonchev–Trinajstić information content (AvgIpc) is 3.05. The summed E-state index contributed by atoms with van der Waals surface area (Å²) in [6, 6.07) is 13.7. The highest BCUT2D eigenvalue weighted by molar-refractivity contribution is 7.89. The maximum Gasteiger partial charge on any atom is 0.243 e. The Bertz CT molecular complexity index is 1050. The van der Waals surface area contributed by atoms with Crippen LogP contribution in [0.4, 0.5) is 5.69 Å². The standard InChI is InChI=1S/C24H31N3O4S/c1-18-12-13-21(16-23(18)32(30,31)27-14-8-3-4-9-15-27)26-24(29)17-22(25-19(2)28)20-10-6-5-7-11-20/h5-7,10-13,16,22H,3-4,8-9,14-15,17H2,1-2H3,(H,25,28)(H,26,29). The Balaban J connectivity index is 1.77. The zero-order valence-electron chi connectivity index (χ0n) is 18.6. The maximum absolute atomic E-state index is 13.2. The lowest BCUT2D eigenvalue weighted by molar-refractivity contribution is -0.120. The van der Waals surface area contributed by atoms with Crippen molar-refractivity contribution < 1.29 is 18.0 Å². The molecule has 0 aliphatic carbocycles. The molecule has 3 rings (SSSR count). The SMILES string of the molecule is CC(=O)NC(CC(=O)Nc1ccc(C)c(S(=O)(=O)N2CCCCCC2)c1)c1ccccc1. The zero-order valence-corrected chi connectivity index (χ0v) is 19.5. The van der Waals surface area contributed by atoms with Crippen LogP contribution in [0.15, 0.2) is 53.4 Å². The molecular formula is C24H31N3O4S. The third-order valence-electron chi connectivity index (χ3n) is 5.62. The fourth-order valence-electron chi connectivity index (χ4n) is 3.96. The van der Waals surface area contributed by atoms with Crippen LogP contribution in [-0.2, 0) is 19.6 Å². The van der Waals surface area contributed by atoms with Crippen LogP contribution in [0.25, 0.3) is 0 Å². The van der Waals surface area contributed by atoms with E-state index in [1.54, 1.807) is 23.4 Å². The summed E-state index contributed by atoms with van der Waals surface area (Å²) in [4.78, 5) is 24.6. The van der Waals surface area contributed by atoms with E-state index < -0.39 is 16.1 Å². The topological polar surface area (TPSA) is 95.6 Å². The number of hydrogen-bond acceptors (Lipinski definition) is 4. The second-order valence-electron chi connectivity index (χ2n) is 8.21. The number of nitrogens with one attached hydrogen (secondary N) is 2. The number of carbonyl (C=O) groups is 2. The van der Waals surface area contributed by atoms with E-state index in [0.29, 0.717) is 24.3 Å². The van der Waals surface area contributed by atoms with E-state index in [-0.39, 0.29) is 23.1 Å². The van der Waals surface area contributed by atoms with Crippen molar-refractivity contribution in [3.05, 3.63) is 59.7 Å². The summed E-state index contributed by atoms with van der Waals surface area (Å²) in [6.07, 6.45) is 3.83. The normalized spacial score (nSPS) is 16.1. The molecule has 1 atom stereocenters. The molecule has 2 N–H and O–H groups in total. The predicted octanol–water partition coefficient (Wildman–Crippen LogP) is 3.77. The molecule has 0 saturated carbocycles. The summed E-state index contributed by atoms with van der Waals surface area (Å²) in [7, 11) is -3.63. The van der Waals surface area contributed by atoms with Crippen LogP contribution < -0.4 is 10.6 Å². The third kappa shape index (κ3) is 6.17. The molecule has 1 fully saturated rings. The first-order valence-electron chi connectivity index (χ1n) is 11.0. The first kappa shape index (κ1) is 23.9. The molecule has 2 aromatic rings. The van der Waals surface area contributed by atoms with Crippen LogP contribution >= 0.6 is 0 Å². The first-order chi connectivity index (χ1) is 15.3. The monoisotopic (exact) mass is 457 g/mol. The molecule has 0 aromatic heterocycles. The van der Waals surface area contributed by atoms with Crippen molar-refractivity contribution >= 4 is 27.5 Å². The molecule has 2 aromatic carbocycles. The van der Waals surface area contributed by atoms with Crippen LogP contribution in [0.2, 0.25) is 0 Å². The molecule has 0 bridgehead atoms. The van der Waals surface area contributed by atoms with Gasteiger partial charge in [-0.05, 0) is 43.0 Å². The van der Waals surface area contributed by atoms with Gasteiger partial charge in [0.15, 0.2) is 0 Å². The largest absolute Gasteiger partial charge is 0.349 e. The lowest BCUT2D eigenvalue weighted by atomic mass is 10.0. The fraction of sp³-hybridized carbons (Fsp3) is 0.417. The highest BCUT2D eigenvalue weighted by atomic mass is 32.2. The molecule has 1 aliphatic rings. The Labute approximate surface area is 190 Å². The minimum atomic E-state index is -3.63. The minimum Gasteiger partial charge on any atom is -0.349 e. The van der Waals surface area contributed by atoms with E-state index in [2.05, 4.69) is 10.6 Å². The van der Waals surface area contributed by atoms with Crippen molar-refractivity contribution in [2.24, 2.45) is 0 Å². The summed E-state index contributed by atoms with van der Waals surface area (Å²) in [6.45, 7) is 4.22. The van der Waals surface area contributed by atoms with E-state index in [1.165, 1.54) is 13.0 Å². The van der Waals surface area contributed by atoms with E-state index in [9.17, 15) is 18.0 Å². The number of hydrogen-bond donors (Lipinski definition) is 2. The Kier molecular flexibility index (Phi) is 8.04. The van der Waals surface area contributed by atoms with Gasteiger partial charge in [0.2, 0.25) is 21.8 Å². The van der Waals surface area contributed by atoms with Crippen molar-refractivity contribution in [2.45, 2.75) is 56.9 Å². The molecule has 8 heteroatoms. The van der Waals surface area contributed by atoms with Gasteiger partial charge in [0, 0.05) is 25.7 Å². The Morgan fingerprint density at radius 2 is 1.66 bits per heavy atom. The van der Waals surface area contributed by atoms with E-state index in [0.717, 1.165) is 31.2 Å². The van der Waals surface area contributed by atoms with Crippen LogP contribution in [0.1, 0.15) is 56.2 Å². The lowest BCUT2D eigenvalue weighted by Gasteiger charge is -2.22. The Hall–Kier alpha value is -2.71. The number of carbonyl (C=O) groups excluding carboxylic acids is 2. The van der Waals surface area contributed by atoms with Gasteiger partial charge in [-0.25, -0.2) is 8.42 Å². The number of amides is 2. The average molecular weight is 458 g/mol. The third-order valence-corrected chi connectivity index (χ3v) is 7.66. The van der Waals surface area contributed by atoms with Gasteiger partial charge >= 0.3 is 0 Å². The first-order valence-corrected chi connectivity index (χ1v) is 12.4. The van der Waals surface area contributed by atoms with Crippen molar-refractivity contribution in [1.82, 2.24) is 9.62 Å². The van der Waals surface area contributed by atoms with Gasteiger partial charge < -0.3 is 10.6 Å². The van der Waals surface area contributed by atoms with E-state index in [4.69, 9.17) is 0 Å². The number of aryl methyl sites for hydroxylation is 1. The summed E-state index contributed by atoms with van der Waals surface area (Å²) in [5.74, 6) is -0.539. The molecule has 1 heterocycles. The minimum absolute atomic E-state index is 0.0334. The van der Waals surface area contributed by atoms with Gasteiger partial charge in [-0.2, -0.15) is 4.31 Å². The molecule has 0 radical (unpaired) electrons. The summed E-state index contributed by atoms with van der Waals surface area (Å²) in [5.41, 5.74) is 1.89. The number of benzene rings is 2. The predicted molar refractivity (Wildman–Crippen MR) is 125 cm³/mol. The second-order valence-corrected chi connectivity index (χ2v) is 10.1. The molecule has 2 amide bonds. The number of anilines is 1. The molecule has 1 saturated heterocycles. The number of sulfonamides is 1. The molecule has 0 spiro atoms. The van der Waals surface area contributed by atoms with Crippen LogP contribution in [0, 0.1) is 6.92 Å². The van der Waals surface area contributed by atoms with Gasteiger partial charge in [0.1, 0.15) is 0 Å². The molecule has 7 nitrogen and oxygen atoms in total. The Morgan fingerprint density at radius 3 is 2.28 bits per heavy atom. The highest BCUT2D eigenvalue weighted by Gasteiger charge is 2.27. The molecule has 32 heavy (non-hydrogen) atoms. The van der Waals surface area contributed by atoms with E-state index in [1.807, 2.05) is 30.3 Å². The van der Waals surface area contributed by atoms with Crippen molar-refractivity contribution in [1.29, 1.82) is 0 Å². The summed E-state index contributed by atoms with van der Waals surface area (Å²) >= 11 is 0. The number of nitrogens with zero attached hydrogens (tertiary/aromatic N) is 1. The smallest absolute Gasteiger partial charge is 0.243 e. The van der Waals surface area contributed by atoms with Crippen LogP contribution in [0.5, 0.6) is 0 Å². The zero-order chi connectivity index (χ0) is 23.1. The van der Waals surface area contributed by atoms with Gasteiger partial charge in [-0.1, -0.05) is 49.2 Å². The van der Waals surface area contributed by atoms with Crippen LogP contribution in [-0.4, -0.2) is 37.6 Å². The fourth-order valence-corrected chi connectivity index (χ4v) is 5.73. The summed E-state index contributed by atoms with van der Waals surface area (Å²) < 4.78 is 28.0. The number of rotatable bonds is 7. The molecule has 172 valence electrons. The van der Waals surface area contributed by atoms with Gasteiger partial charge in [-0.3, -0.25) is 9.59 Å². The van der Waals surface area contributed by atoms with Gasteiger partial charge in [-0.15, -0.1) is 0 Å². The molecule has 1 aliphatic heterocycles. The van der Waals surface area contributed by atoms with E-state index >= 15 is 0 Å². The van der Waals surface area contributed by atoms with Crippen LogP contribution in [0.3, 0.4) is 0 Å². The maximum atomic E-state index is 13.2. The Morgan fingerprint density at radius 1 is 1.00 bits per heavy atom. The van der Waals surface area contributed by atoms with Gasteiger partial charge in [0.25, 0.3) is 0 Å². The highest BCUT2D eigenvalue weighted by Crippen LogP contribution is 2.26. The summed E-state index contributed by atoms with van der Waals surface area (Å²) in [5, 5.41) is 5.60. The molecular weight excluding hydrogens is 426 g/mol. The molecule has 1 unspecified atom stereocenters. The quantitative estimate of drug-likeness (QED) is 0.662. The van der Waals surface area contributed by atoms with Gasteiger partial charge in [0.05, 0.1) is 17.4 Å². The second kappa shape index (κ2) is 10.7. The lowest BCUT2D eigenvalue weighted by Crippen LogP contribution is -2.32.